The van der Waals surface area contributed by atoms with Gasteiger partial charge in [-0.25, -0.2) is 0 Å². The van der Waals surface area contributed by atoms with E-state index < -0.39 is 0 Å². The van der Waals surface area contributed by atoms with E-state index in [1.165, 1.54) is 5.56 Å². The van der Waals surface area contributed by atoms with E-state index in [0.29, 0.717) is 5.91 Å². The Morgan fingerprint density at radius 3 is 2.88 bits per heavy atom. The first-order valence-electron chi connectivity index (χ1n) is 5.86. The number of pyridine rings is 1. The fourth-order valence-electron chi connectivity index (χ4n) is 2.52. The molecule has 0 spiro atoms. The third-order valence-corrected chi connectivity index (χ3v) is 3.67. The average molecular weight is 216 g/mol. The number of amides is 1. The molecule has 1 amide bonds. The molecule has 84 valence electrons. The van der Waals surface area contributed by atoms with E-state index in [2.05, 4.69) is 24.9 Å². The standard InChI is InChI=1S/C13H16N2O/c1-13(2)11-10(4-3-7-14-11)8-15(13)12(16)9-5-6-9/h3-4,7,9H,5-6,8H2,1-2H3. The Balaban J connectivity index is 1.98. The van der Waals surface area contributed by atoms with Gasteiger partial charge in [0.25, 0.3) is 0 Å². The fourth-order valence-corrected chi connectivity index (χ4v) is 2.52. The summed E-state index contributed by atoms with van der Waals surface area (Å²) in [5, 5.41) is 0. The van der Waals surface area contributed by atoms with Gasteiger partial charge in [-0.15, -0.1) is 0 Å². The fraction of sp³-hybridized carbons (Fsp3) is 0.538. The molecule has 1 fully saturated rings. The summed E-state index contributed by atoms with van der Waals surface area (Å²) in [5.74, 6) is 0.594. The second-order valence-corrected chi connectivity index (χ2v) is 5.27. The van der Waals surface area contributed by atoms with Crippen molar-refractivity contribution in [3.8, 4) is 0 Å². The van der Waals surface area contributed by atoms with Crippen molar-refractivity contribution >= 4 is 5.91 Å². The number of rotatable bonds is 1. The Morgan fingerprint density at radius 1 is 1.50 bits per heavy atom. The first-order chi connectivity index (χ1) is 7.60. The maximum Gasteiger partial charge on any atom is 0.226 e. The Bertz CT molecular complexity index is 449. The quantitative estimate of drug-likeness (QED) is 0.720. The van der Waals surface area contributed by atoms with Crippen molar-refractivity contribution in [3.63, 3.8) is 0 Å². The summed E-state index contributed by atoms with van der Waals surface area (Å²) in [6, 6.07) is 4.02. The van der Waals surface area contributed by atoms with E-state index in [1.807, 2.05) is 17.2 Å². The van der Waals surface area contributed by atoms with Gasteiger partial charge in [-0.05, 0) is 38.3 Å². The van der Waals surface area contributed by atoms with Gasteiger partial charge in [0.2, 0.25) is 5.91 Å². The van der Waals surface area contributed by atoms with Crippen LogP contribution in [0.3, 0.4) is 0 Å². The summed E-state index contributed by atoms with van der Waals surface area (Å²) in [6.45, 7) is 4.91. The van der Waals surface area contributed by atoms with Crippen LogP contribution in [0, 0.1) is 5.92 Å². The Kier molecular flexibility index (Phi) is 1.88. The van der Waals surface area contributed by atoms with Gasteiger partial charge in [-0.1, -0.05) is 6.07 Å². The number of hydrogen-bond donors (Lipinski definition) is 0. The van der Waals surface area contributed by atoms with Gasteiger partial charge in [-0.3, -0.25) is 9.78 Å². The van der Waals surface area contributed by atoms with Crippen molar-refractivity contribution in [1.82, 2.24) is 9.88 Å². The molecule has 0 N–H and O–H groups in total. The molecule has 0 aromatic carbocycles. The van der Waals surface area contributed by atoms with E-state index >= 15 is 0 Å². The first-order valence-corrected chi connectivity index (χ1v) is 5.86. The van der Waals surface area contributed by atoms with Crippen molar-refractivity contribution in [2.24, 2.45) is 5.92 Å². The van der Waals surface area contributed by atoms with Gasteiger partial charge in [0.15, 0.2) is 0 Å². The molecule has 2 aliphatic rings. The smallest absolute Gasteiger partial charge is 0.226 e. The van der Waals surface area contributed by atoms with Crippen LogP contribution < -0.4 is 0 Å². The number of fused-ring (bicyclic) bond motifs is 1. The molecule has 0 saturated heterocycles. The third-order valence-electron chi connectivity index (χ3n) is 3.67. The number of carbonyl (C=O) groups is 1. The topological polar surface area (TPSA) is 33.2 Å². The van der Waals surface area contributed by atoms with E-state index in [4.69, 9.17) is 0 Å². The molecule has 0 bridgehead atoms. The lowest BCUT2D eigenvalue weighted by molar-refractivity contribution is -0.138. The summed E-state index contributed by atoms with van der Waals surface area (Å²) >= 11 is 0. The number of aromatic nitrogens is 1. The predicted octanol–water partition coefficient (Wildman–Crippen LogP) is 2.07. The Labute approximate surface area is 95.5 Å². The summed E-state index contributed by atoms with van der Waals surface area (Å²) < 4.78 is 0. The van der Waals surface area contributed by atoms with E-state index in [9.17, 15) is 4.79 Å². The molecule has 0 radical (unpaired) electrons. The van der Waals surface area contributed by atoms with Crippen LogP contribution in [0.5, 0.6) is 0 Å². The van der Waals surface area contributed by atoms with Crippen molar-refractivity contribution in [3.05, 3.63) is 29.6 Å². The SMILES string of the molecule is CC1(C)c2ncccc2CN1C(=O)C1CC1. The van der Waals surface area contributed by atoms with Crippen LogP contribution in [-0.4, -0.2) is 15.8 Å². The zero-order valence-electron chi connectivity index (χ0n) is 9.73. The number of nitrogens with zero attached hydrogens (tertiary/aromatic N) is 2. The molecule has 1 aliphatic heterocycles. The van der Waals surface area contributed by atoms with Crippen molar-refractivity contribution < 1.29 is 4.79 Å². The minimum absolute atomic E-state index is 0.240. The van der Waals surface area contributed by atoms with Crippen molar-refractivity contribution in [1.29, 1.82) is 0 Å². The van der Waals surface area contributed by atoms with E-state index in [0.717, 1.165) is 25.1 Å². The highest BCUT2D eigenvalue weighted by Gasteiger charge is 2.45. The van der Waals surface area contributed by atoms with Crippen molar-refractivity contribution in [2.45, 2.75) is 38.8 Å². The minimum Gasteiger partial charge on any atom is -0.327 e. The maximum atomic E-state index is 12.2. The molecule has 1 saturated carbocycles. The lowest BCUT2D eigenvalue weighted by Gasteiger charge is -2.31. The van der Waals surface area contributed by atoms with Gasteiger partial charge in [0.1, 0.15) is 0 Å². The van der Waals surface area contributed by atoms with Gasteiger partial charge in [0.05, 0.1) is 11.2 Å². The van der Waals surface area contributed by atoms with Crippen LogP contribution in [0.4, 0.5) is 0 Å². The van der Waals surface area contributed by atoms with Crippen molar-refractivity contribution in [2.75, 3.05) is 0 Å². The summed E-state index contributed by atoms with van der Waals surface area (Å²) in [6.07, 6.45) is 3.94. The lowest BCUT2D eigenvalue weighted by atomic mass is 9.99. The number of carbonyl (C=O) groups excluding carboxylic acids is 1. The molecular formula is C13H16N2O. The molecule has 1 aromatic heterocycles. The second kappa shape index (κ2) is 3.06. The van der Waals surface area contributed by atoms with Crippen LogP contribution in [0.1, 0.15) is 37.9 Å². The summed E-state index contributed by atoms with van der Waals surface area (Å²) in [5.41, 5.74) is 2.02. The average Bonchev–Trinajstić information content (AvgIpc) is 3.05. The Morgan fingerprint density at radius 2 is 2.25 bits per heavy atom. The summed E-state index contributed by atoms with van der Waals surface area (Å²) in [7, 11) is 0. The summed E-state index contributed by atoms with van der Waals surface area (Å²) in [4.78, 5) is 18.6. The second-order valence-electron chi connectivity index (χ2n) is 5.27. The zero-order chi connectivity index (χ0) is 11.3. The van der Waals surface area contributed by atoms with Gasteiger partial charge in [-0.2, -0.15) is 0 Å². The maximum absolute atomic E-state index is 12.2. The molecule has 16 heavy (non-hydrogen) atoms. The van der Waals surface area contributed by atoms with Gasteiger partial charge < -0.3 is 4.90 Å². The molecular weight excluding hydrogens is 200 g/mol. The molecule has 0 atom stereocenters. The van der Waals surface area contributed by atoms with Gasteiger partial charge >= 0.3 is 0 Å². The Hall–Kier alpha value is -1.38. The molecule has 2 heterocycles. The first kappa shape index (κ1) is 9.82. The van der Waals surface area contributed by atoms with Crippen LogP contribution in [-0.2, 0) is 16.9 Å². The highest BCUT2D eigenvalue weighted by molar-refractivity contribution is 5.82. The molecule has 3 nitrogen and oxygen atoms in total. The third kappa shape index (κ3) is 1.27. The van der Waals surface area contributed by atoms with Crippen LogP contribution >= 0.6 is 0 Å². The predicted molar refractivity (Wildman–Crippen MR) is 60.5 cm³/mol. The highest BCUT2D eigenvalue weighted by atomic mass is 16.2. The van der Waals surface area contributed by atoms with Crippen LogP contribution in [0.2, 0.25) is 0 Å². The minimum atomic E-state index is -0.240. The highest BCUT2D eigenvalue weighted by Crippen LogP contribution is 2.41. The van der Waals surface area contributed by atoms with E-state index in [-0.39, 0.29) is 11.5 Å². The largest absolute Gasteiger partial charge is 0.327 e. The molecule has 1 aromatic rings. The van der Waals surface area contributed by atoms with Gasteiger partial charge in [0, 0.05) is 18.7 Å². The molecule has 0 unspecified atom stereocenters. The van der Waals surface area contributed by atoms with E-state index in [1.54, 1.807) is 0 Å². The number of hydrogen-bond acceptors (Lipinski definition) is 2. The van der Waals surface area contributed by atoms with Crippen LogP contribution in [0.15, 0.2) is 18.3 Å². The monoisotopic (exact) mass is 216 g/mol. The normalized spacial score (nSPS) is 22.0. The van der Waals surface area contributed by atoms with Crippen LogP contribution in [0.25, 0.3) is 0 Å². The zero-order valence-corrected chi connectivity index (χ0v) is 9.73. The molecule has 1 aliphatic carbocycles. The molecule has 3 rings (SSSR count). The lowest BCUT2D eigenvalue weighted by Crippen LogP contribution is -2.41. The molecule has 3 heteroatoms.